The maximum Gasteiger partial charge on any atom is 0.283 e. The Hall–Kier alpha value is -1.63. The molecule has 0 fully saturated rings. The minimum Gasteiger partial charge on any atom is -0.381 e. The fraction of sp³-hybridized carbons (Fsp3) is 0.417. The van der Waals surface area contributed by atoms with E-state index in [1.165, 1.54) is 4.68 Å². The molecular weight excluding hydrogens is 310 g/mol. The Bertz CT molecular complexity index is 578. The van der Waals surface area contributed by atoms with Gasteiger partial charge in [-0.25, -0.2) is 9.67 Å². The van der Waals surface area contributed by atoms with E-state index in [1.807, 2.05) is 17.7 Å². The third-order valence-corrected chi connectivity index (χ3v) is 3.43. The summed E-state index contributed by atoms with van der Waals surface area (Å²) >= 11 is 3.32. The van der Waals surface area contributed by atoms with Crippen LogP contribution in [0.1, 0.15) is 13.3 Å². The summed E-state index contributed by atoms with van der Waals surface area (Å²) in [7, 11) is 0. The summed E-state index contributed by atoms with van der Waals surface area (Å²) in [6.45, 7) is 4.13. The topological polar surface area (TPSA) is 64.7 Å². The highest BCUT2D eigenvalue weighted by Gasteiger charge is 2.07. The molecule has 0 saturated heterocycles. The number of aryl methyl sites for hydroxylation is 1. The van der Waals surface area contributed by atoms with Gasteiger partial charge in [-0.15, -0.1) is 0 Å². The van der Waals surface area contributed by atoms with Crippen molar-refractivity contribution in [2.24, 2.45) is 0 Å². The van der Waals surface area contributed by atoms with Gasteiger partial charge in [0.15, 0.2) is 0 Å². The van der Waals surface area contributed by atoms with Gasteiger partial charge in [0.2, 0.25) is 0 Å². The van der Waals surface area contributed by atoms with Gasteiger partial charge in [0.25, 0.3) is 5.56 Å². The number of rotatable bonds is 6. The van der Waals surface area contributed by atoms with Gasteiger partial charge in [0.1, 0.15) is 4.47 Å². The number of nitrogens with zero attached hydrogens (tertiary/aromatic N) is 4. The number of anilines is 1. The molecule has 0 aliphatic rings. The maximum absolute atomic E-state index is 12.0. The van der Waals surface area contributed by atoms with Crippen LogP contribution in [0.5, 0.6) is 0 Å². The maximum atomic E-state index is 12.0. The molecule has 2 heterocycles. The van der Waals surface area contributed by atoms with Gasteiger partial charge in [-0.3, -0.25) is 4.79 Å². The van der Waals surface area contributed by atoms with Crippen molar-refractivity contribution in [2.45, 2.75) is 26.4 Å². The minimum absolute atomic E-state index is 0.102. The summed E-state index contributed by atoms with van der Waals surface area (Å²) < 4.78 is 3.96. The summed E-state index contributed by atoms with van der Waals surface area (Å²) in [5.74, 6) is 0. The SMILES string of the molecule is CCCn1ncc(NCCn2ccnc2)c(Br)c1=O. The zero-order valence-electron chi connectivity index (χ0n) is 10.7. The number of hydrogen-bond donors (Lipinski definition) is 1. The molecule has 0 aliphatic heterocycles. The van der Waals surface area contributed by atoms with Crippen LogP contribution in [-0.2, 0) is 13.1 Å². The molecule has 2 aromatic rings. The monoisotopic (exact) mass is 325 g/mol. The molecule has 6 nitrogen and oxygen atoms in total. The smallest absolute Gasteiger partial charge is 0.283 e. The normalized spacial score (nSPS) is 10.6. The fourth-order valence-electron chi connectivity index (χ4n) is 1.70. The lowest BCUT2D eigenvalue weighted by Gasteiger charge is -2.10. The quantitative estimate of drug-likeness (QED) is 0.878. The molecule has 0 aliphatic carbocycles. The van der Waals surface area contributed by atoms with Crippen LogP contribution in [0.3, 0.4) is 0 Å². The van der Waals surface area contributed by atoms with E-state index in [-0.39, 0.29) is 5.56 Å². The third kappa shape index (κ3) is 3.44. The average Bonchev–Trinajstić information content (AvgIpc) is 2.91. The number of nitrogens with one attached hydrogen (secondary N) is 1. The van der Waals surface area contributed by atoms with Gasteiger partial charge in [-0.05, 0) is 22.4 Å². The van der Waals surface area contributed by atoms with Crippen LogP contribution in [0.25, 0.3) is 0 Å². The minimum atomic E-state index is -0.102. The van der Waals surface area contributed by atoms with E-state index < -0.39 is 0 Å². The Morgan fingerprint density at radius 3 is 2.95 bits per heavy atom. The number of aromatic nitrogens is 4. The van der Waals surface area contributed by atoms with E-state index in [0.29, 0.717) is 17.6 Å². The molecule has 7 heteroatoms. The highest BCUT2D eigenvalue weighted by Crippen LogP contribution is 2.15. The Kier molecular flexibility index (Phi) is 4.73. The van der Waals surface area contributed by atoms with Crippen molar-refractivity contribution in [1.82, 2.24) is 19.3 Å². The second-order valence-electron chi connectivity index (χ2n) is 4.13. The summed E-state index contributed by atoms with van der Waals surface area (Å²) in [5, 5.41) is 7.33. The van der Waals surface area contributed by atoms with Gasteiger partial charge < -0.3 is 9.88 Å². The van der Waals surface area contributed by atoms with E-state index in [9.17, 15) is 4.79 Å². The molecule has 0 amide bonds. The first kappa shape index (κ1) is 13.8. The lowest BCUT2D eigenvalue weighted by atomic mass is 10.4. The molecule has 0 saturated carbocycles. The van der Waals surface area contributed by atoms with E-state index in [4.69, 9.17) is 0 Å². The molecule has 0 aromatic carbocycles. The van der Waals surface area contributed by atoms with Gasteiger partial charge in [0.05, 0.1) is 18.2 Å². The van der Waals surface area contributed by atoms with Crippen molar-refractivity contribution in [1.29, 1.82) is 0 Å². The zero-order valence-corrected chi connectivity index (χ0v) is 12.3. The number of hydrogen-bond acceptors (Lipinski definition) is 4. The molecule has 102 valence electrons. The van der Waals surface area contributed by atoms with Gasteiger partial charge >= 0.3 is 0 Å². The van der Waals surface area contributed by atoms with Crippen LogP contribution in [0.2, 0.25) is 0 Å². The highest BCUT2D eigenvalue weighted by molar-refractivity contribution is 9.10. The third-order valence-electron chi connectivity index (χ3n) is 2.66. The Morgan fingerprint density at radius 2 is 2.26 bits per heavy atom. The Labute approximate surface area is 119 Å². The summed E-state index contributed by atoms with van der Waals surface area (Å²) in [6, 6.07) is 0. The molecule has 0 spiro atoms. The largest absolute Gasteiger partial charge is 0.381 e. The highest BCUT2D eigenvalue weighted by atomic mass is 79.9. The molecule has 1 N–H and O–H groups in total. The van der Waals surface area contributed by atoms with Crippen LogP contribution in [0, 0.1) is 0 Å². The van der Waals surface area contributed by atoms with Gasteiger partial charge in [0, 0.05) is 32.0 Å². The first-order valence-corrected chi connectivity index (χ1v) is 6.97. The van der Waals surface area contributed by atoms with Gasteiger partial charge in [-0.2, -0.15) is 5.10 Å². The van der Waals surface area contributed by atoms with Crippen LogP contribution in [0.4, 0.5) is 5.69 Å². The summed E-state index contributed by atoms with van der Waals surface area (Å²) in [6.07, 6.45) is 7.95. The van der Waals surface area contributed by atoms with E-state index in [2.05, 4.69) is 31.3 Å². The second-order valence-corrected chi connectivity index (χ2v) is 4.92. The first-order chi connectivity index (χ1) is 9.22. The van der Waals surface area contributed by atoms with Crippen molar-refractivity contribution in [3.8, 4) is 0 Å². The lowest BCUT2D eigenvalue weighted by Crippen LogP contribution is -2.24. The predicted octanol–water partition coefficient (Wildman–Crippen LogP) is 1.72. The Morgan fingerprint density at radius 1 is 1.42 bits per heavy atom. The molecular formula is C12H16BrN5O. The van der Waals surface area contributed by atoms with Crippen molar-refractivity contribution < 1.29 is 0 Å². The molecule has 0 unspecified atom stereocenters. The molecule has 0 radical (unpaired) electrons. The molecule has 2 aromatic heterocycles. The second kappa shape index (κ2) is 6.51. The first-order valence-electron chi connectivity index (χ1n) is 6.17. The lowest BCUT2D eigenvalue weighted by molar-refractivity contribution is 0.565. The molecule has 0 atom stereocenters. The van der Waals surface area contributed by atoms with Crippen LogP contribution in [0.15, 0.2) is 34.2 Å². The molecule has 2 rings (SSSR count). The fourth-order valence-corrected chi connectivity index (χ4v) is 2.15. The van der Waals surface area contributed by atoms with Crippen LogP contribution in [-0.4, -0.2) is 25.9 Å². The molecule has 0 bridgehead atoms. The van der Waals surface area contributed by atoms with Crippen LogP contribution >= 0.6 is 15.9 Å². The van der Waals surface area contributed by atoms with Gasteiger partial charge in [-0.1, -0.05) is 6.92 Å². The van der Waals surface area contributed by atoms with E-state index in [1.54, 1.807) is 18.7 Å². The summed E-state index contributed by atoms with van der Waals surface area (Å²) in [5.41, 5.74) is 0.618. The van der Waals surface area contributed by atoms with Crippen molar-refractivity contribution in [2.75, 3.05) is 11.9 Å². The van der Waals surface area contributed by atoms with Crippen LogP contribution < -0.4 is 10.9 Å². The van der Waals surface area contributed by atoms with Crippen molar-refractivity contribution in [3.05, 3.63) is 39.7 Å². The van der Waals surface area contributed by atoms with Crippen molar-refractivity contribution >= 4 is 21.6 Å². The van der Waals surface area contributed by atoms with E-state index >= 15 is 0 Å². The summed E-state index contributed by atoms with van der Waals surface area (Å²) in [4.78, 5) is 15.9. The number of imidazole rings is 1. The van der Waals surface area contributed by atoms with Crippen molar-refractivity contribution in [3.63, 3.8) is 0 Å². The zero-order chi connectivity index (χ0) is 13.7. The Balaban J connectivity index is 2.01. The average molecular weight is 326 g/mol. The molecule has 19 heavy (non-hydrogen) atoms. The number of halogens is 1. The predicted molar refractivity (Wildman–Crippen MR) is 77.2 cm³/mol. The van der Waals surface area contributed by atoms with E-state index in [0.717, 1.165) is 18.7 Å². The standard InChI is InChI=1S/C12H16BrN5O/c1-2-5-18-12(19)11(13)10(8-16-18)15-4-7-17-6-3-14-9-17/h3,6,8-9,15H,2,4-5,7H2,1H3.